The fourth-order valence-electron chi connectivity index (χ4n) is 2.34. The van der Waals surface area contributed by atoms with Crippen molar-refractivity contribution in [2.45, 2.75) is 6.92 Å². The Morgan fingerprint density at radius 2 is 1.74 bits per heavy atom. The van der Waals surface area contributed by atoms with Gasteiger partial charge < -0.3 is 20.0 Å². The van der Waals surface area contributed by atoms with Crippen LogP contribution in [0.4, 0.5) is 0 Å². The first kappa shape index (κ1) is 18.3. The number of hydrogen-bond acceptors (Lipinski definition) is 5. The smallest absolute Gasteiger partial charge is 0.230 e. The maximum absolute atomic E-state index is 6.03. The van der Waals surface area contributed by atoms with Gasteiger partial charge in [0.25, 0.3) is 0 Å². The zero-order valence-electron chi connectivity index (χ0n) is 15.0. The summed E-state index contributed by atoms with van der Waals surface area (Å²) >= 11 is 0. The standard InChI is InChI=1S/C21H21N3O3/c1-16-8-5-6-12-19(16)25-14-15-26-24-20(22)18-11-7-13-23-21(18)27-17-9-3-2-4-10-17/h2-13H,14-15H2,1H3,(H2,22,24). The zero-order valence-corrected chi connectivity index (χ0v) is 15.0. The van der Waals surface area contributed by atoms with E-state index in [0.29, 0.717) is 23.8 Å². The molecule has 0 radical (unpaired) electrons. The van der Waals surface area contributed by atoms with Gasteiger partial charge in [-0.1, -0.05) is 41.6 Å². The first-order chi connectivity index (χ1) is 13.2. The van der Waals surface area contributed by atoms with Gasteiger partial charge in [0.2, 0.25) is 5.88 Å². The molecule has 3 rings (SSSR count). The number of ether oxygens (including phenoxy) is 2. The van der Waals surface area contributed by atoms with E-state index in [2.05, 4.69) is 10.1 Å². The third kappa shape index (κ3) is 5.22. The van der Waals surface area contributed by atoms with Gasteiger partial charge in [0.15, 0.2) is 12.4 Å². The molecule has 0 unspecified atom stereocenters. The van der Waals surface area contributed by atoms with Gasteiger partial charge >= 0.3 is 0 Å². The number of aryl methyl sites for hydroxylation is 1. The van der Waals surface area contributed by atoms with E-state index in [4.69, 9.17) is 20.0 Å². The van der Waals surface area contributed by atoms with Crippen LogP contribution in [0.3, 0.4) is 0 Å². The minimum absolute atomic E-state index is 0.185. The lowest BCUT2D eigenvalue weighted by Crippen LogP contribution is -2.16. The molecule has 0 aliphatic rings. The number of aromatic nitrogens is 1. The molecule has 6 nitrogen and oxygen atoms in total. The van der Waals surface area contributed by atoms with Crippen molar-refractivity contribution in [1.82, 2.24) is 4.98 Å². The minimum Gasteiger partial charge on any atom is -0.490 e. The summed E-state index contributed by atoms with van der Waals surface area (Å²) in [5.41, 5.74) is 7.66. The molecule has 0 atom stereocenters. The van der Waals surface area contributed by atoms with Gasteiger partial charge in [0.1, 0.15) is 18.1 Å². The molecule has 0 bridgehead atoms. The Balaban J connectivity index is 1.57. The van der Waals surface area contributed by atoms with Crippen LogP contribution >= 0.6 is 0 Å². The second-order valence-corrected chi connectivity index (χ2v) is 5.69. The fourth-order valence-corrected chi connectivity index (χ4v) is 2.34. The van der Waals surface area contributed by atoms with Crippen LogP contribution in [0, 0.1) is 6.92 Å². The molecule has 0 aliphatic carbocycles. The molecule has 1 heterocycles. The van der Waals surface area contributed by atoms with E-state index < -0.39 is 0 Å². The molecule has 27 heavy (non-hydrogen) atoms. The highest BCUT2D eigenvalue weighted by atomic mass is 16.6. The second-order valence-electron chi connectivity index (χ2n) is 5.69. The molecule has 6 heteroatoms. The van der Waals surface area contributed by atoms with Crippen LogP contribution in [-0.2, 0) is 4.84 Å². The minimum atomic E-state index is 0.185. The highest BCUT2D eigenvalue weighted by Gasteiger charge is 2.10. The van der Waals surface area contributed by atoms with Gasteiger partial charge in [-0.05, 0) is 42.8 Å². The van der Waals surface area contributed by atoms with Crippen molar-refractivity contribution in [2.75, 3.05) is 13.2 Å². The lowest BCUT2D eigenvalue weighted by Gasteiger charge is -2.10. The summed E-state index contributed by atoms with van der Waals surface area (Å²) in [6, 6.07) is 20.7. The van der Waals surface area contributed by atoms with E-state index >= 15 is 0 Å². The van der Waals surface area contributed by atoms with Crippen LogP contribution in [0.25, 0.3) is 0 Å². The van der Waals surface area contributed by atoms with E-state index in [1.165, 1.54) is 0 Å². The van der Waals surface area contributed by atoms with Gasteiger partial charge in [-0.15, -0.1) is 0 Å². The number of pyridine rings is 1. The van der Waals surface area contributed by atoms with Crippen molar-refractivity contribution in [1.29, 1.82) is 0 Å². The van der Waals surface area contributed by atoms with Gasteiger partial charge in [-0.25, -0.2) is 4.98 Å². The molecule has 0 fully saturated rings. The average molecular weight is 363 g/mol. The molecule has 2 aromatic carbocycles. The molecule has 3 aromatic rings. The van der Waals surface area contributed by atoms with Crippen LogP contribution in [0.2, 0.25) is 0 Å². The SMILES string of the molecule is Cc1ccccc1OCCON=C(N)c1cccnc1Oc1ccccc1. The highest BCUT2D eigenvalue weighted by Crippen LogP contribution is 2.22. The molecular formula is C21H21N3O3. The summed E-state index contributed by atoms with van der Waals surface area (Å²) in [4.78, 5) is 9.50. The molecule has 2 N–H and O–H groups in total. The largest absolute Gasteiger partial charge is 0.490 e. The summed E-state index contributed by atoms with van der Waals surface area (Å²) in [5.74, 6) is 2.04. The van der Waals surface area contributed by atoms with E-state index in [0.717, 1.165) is 11.3 Å². The number of rotatable bonds is 8. The number of amidine groups is 1. The Kier molecular flexibility index (Phi) is 6.25. The van der Waals surface area contributed by atoms with E-state index in [9.17, 15) is 0 Å². The number of benzene rings is 2. The Morgan fingerprint density at radius 3 is 2.56 bits per heavy atom. The van der Waals surface area contributed by atoms with Crippen molar-refractivity contribution >= 4 is 5.84 Å². The average Bonchev–Trinajstić information content (AvgIpc) is 2.70. The van der Waals surface area contributed by atoms with Crippen molar-refractivity contribution < 1.29 is 14.3 Å². The van der Waals surface area contributed by atoms with E-state index in [-0.39, 0.29) is 12.4 Å². The normalized spacial score (nSPS) is 11.1. The number of hydrogen-bond donors (Lipinski definition) is 1. The fraction of sp³-hybridized carbons (Fsp3) is 0.143. The molecule has 138 valence electrons. The summed E-state index contributed by atoms with van der Waals surface area (Å²) in [7, 11) is 0. The van der Waals surface area contributed by atoms with E-state index in [1.54, 1.807) is 18.3 Å². The predicted octanol–water partition coefficient (Wildman–Crippen LogP) is 3.90. The maximum Gasteiger partial charge on any atom is 0.230 e. The molecule has 0 aliphatic heterocycles. The molecule has 0 amide bonds. The first-order valence-corrected chi connectivity index (χ1v) is 8.56. The van der Waals surface area contributed by atoms with Crippen LogP contribution in [0.1, 0.15) is 11.1 Å². The van der Waals surface area contributed by atoms with Crippen molar-refractivity contribution in [3.63, 3.8) is 0 Å². The Bertz CT molecular complexity index is 898. The van der Waals surface area contributed by atoms with E-state index in [1.807, 2.05) is 61.5 Å². The number of para-hydroxylation sites is 2. The molecule has 1 aromatic heterocycles. The van der Waals surface area contributed by atoms with Crippen LogP contribution in [0.5, 0.6) is 17.4 Å². The quantitative estimate of drug-likeness (QED) is 0.284. The molecular weight excluding hydrogens is 342 g/mol. The lowest BCUT2D eigenvalue weighted by molar-refractivity contribution is 0.107. The highest BCUT2D eigenvalue weighted by molar-refractivity contribution is 5.99. The second kappa shape index (κ2) is 9.24. The lowest BCUT2D eigenvalue weighted by atomic mass is 10.2. The van der Waals surface area contributed by atoms with Gasteiger partial charge in [-0.3, -0.25) is 0 Å². The summed E-state index contributed by atoms with van der Waals surface area (Å²) in [6.07, 6.45) is 1.63. The van der Waals surface area contributed by atoms with Crippen LogP contribution in [-0.4, -0.2) is 24.0 Å². The summed E-state index contributed by atoms with van der Waals surface area (Å²) < 4.78 is 11.4. The monoisotopic (exact) mass is 363 g/mol. The van der Waals surface area contributed by atoms with Gasteiger partial charge in [0.05, 0.1) is 5.56 Å². The van der Waals surface area contributed by atoms with Gasteiger partial charge in [0, 0.05) is 6.20 Å². The van der Waals surface area contributed by atoms with Crippen molar-refractivity contribution in [2.24, 2.45) is 10.9 Å². The summed E-state index contributed by atoms with van der Waals surface area (Å²) in [5, 5.41) is 3.94. The first-order valence-electron chi connectivity index (χ1n) is 8.56. The predicted molar refractivity (Wildman–Crippen MR) is 104 cm³/mol. The Morgan fingerprint density at radius 1 is 0.963 bits per heavy atom. The van der Waals surface area contributed by atoms with Gasteiger partial charge in [-0.2, -0.15) is 0 Å². The molecule has 0 saturated heterocycles. The third-order valence-electron chi connectivity index (χ3n) is 3.69. The Labute approximate surface area is 158 Å². The van der Waals surface area contributed by atoms with Crippen LogP contribution < -0.4 is 15.2 Å². The molecule has 0 spiro atoms. The number of oxime groups is 1. The maximum atomic E-state index is 6.03. The van der Waals surface area contributed by atoms with Crippen molar-refractivity contribution in [3.8, 4) is 17.4 Å². The number of nitrogens with two attached hydrogens (primary N) is 1. The zero-order chi connectivity index (χ0) is 18.9. The topological polar surface area (TPSA) is 79.0 Å². The number of nitrogens with zero attached hydrogens (tertiary/aromatic N) is 2. The molecule has 0 saturated carbocycles. The third-order valence-corrected chi connectivity index (χ3v) is 3.69. The Hall–Kier alpha value is -3.54. The van der Waals surface area contributed by atoms with Crippen LogP contribution in [0.15, 0.2) is 78.1 Å². The summed E-state index contributed by atoms with van der Waals surface area (Å²) in [6.45, 7) is 2.62. The van der Waals surface area contributed by atoms with Crippen molar-refractivity contribution in [3.05, 3.63) is 84.1 Å².